The molecule has 9 heteroatoms. The number of rotatable bonds is 8. The lowest BCUT2D eigenvalue weighted by atomic mass is 10.2. The molecule has 1 heterocycles. The van der Waals surface area contributed by atoms with Crippen molar-refractivity contribution >= 4 is 22.0 Å². The van der Waals surface area contributed by atoms with Crippen molar-refractivity contribution in [3.63, 3.8) is 0 Å². The summed E-state index contributed by atoms with van der Waals surface area (Å²) < 4.78 is 31.4. The molecule has 0 aromatic heterocycles. The maximum Gasteiger partial charge on any atom is 0.409 e. The maximum atomic E-state index is 12.1. The molecule has 0 unspecified atom stereocenters. The van der Waals surface area contributed by atoms with E-state index in [0.29, 0.717) is 44.8 Å². The molecule has 0 radical (unpaired) electrons. The zero-order valence-corrected chi connectivity index (χ0v) is 15.0. The number of carbonyl (C=O) groups excluding carboxylic acids is 2. The third-order valence-corrected chi connectivity index (χ3v) is 5.17. The summed E-state index contributed by atoms with van der Waals surface area (Å²) in [6, 6.07) is 5.72. The first-order valence-electron chi connectivity index (χ1n) is 8.23. The van der Waals surface area contributed by atoms with Crippen LogP contribution in [0, 0.1) is 0 Å². The SMILES string of the molecule is CCCNS(=O)(=O)c1ccc(C(=O)NCCN2CCCOC2=O)cc1. The van der Waals surface area contributed by atoms with Gasteiger partial charge in [0, 0.05) is 31.7 Å². The molecule has 1 saturated heterocycles. The first-order valence-corrected chi connectivity index (χ1v) is 9.72. The van der Waals surface area contributed by atoms with Crippen LogP contribution < -0.4 is 10.0 Å². The van der Waals surface area contributed by atoms with E-state index in [4.69, 9.17) is 4.74 Å². The van der Waals surface area contributed by atoms with Gasteiger partial charge in [-0.05, 0) is 37.1 Å². The molecule has 0 saturated carbocycles. The largest absolute Gasteiger partial charge is 0.449 e. The highest BCUT2D eigenvalue weighted by molar-refractivity contribution is 7.89. The Morgan fingerprint density at radius 1 is 1.24 bits per heavy atom. The molecule has 8 nitrogen and oxygen atoms in total. The van der Waals surface area contributed by atoms with Crippen LogP contribution in [0.3, 0.4) is 0 Å². The highest BCUT2D eigenvalue weighted by atomic mass is 32.2. The van der Waals surface area contributed by atoms with Crippen LogP contribution in [0.15, 0.2) is 29.2 Å². The number of hydrogen-bond acceptors (Lipinski definition) is 5. The summed E-state index contributed by atoms with van der Waals surface area (Å²) >= 11 is 0. The molecule has 2 N–H and O–H groups in total. The minimum atomic E-state index is -3.54. The van der Waals surface area contributed by atoms with Gasteiger partial charge in [-0.3, -0.25) is 4.79 Å². The number of carbonyl (C=O) groups is 2. The molecular formula is C16H23N3O5S. The predicted octanol–water partition coefficient (Wildman–Crippen LogP) is 0.947. The van der Waals surface area contributed by atoms with Gasteiger partial charge in [0.25, 0.3) is 5.91 Å². The van der Waals surface area contributed by atoms with Crippen molar-refractivity contribution in [1.82, 2.24) is 14.9 Å². The molecule has 2 rings (SSSR count). The summed E-state index contributed by atoms with van der Waals surface area (Å²) in [5.74, 6) is -0.323. The molecular weight excluding hydrogens is 346 g/mol. The van der Waals surface area contributed by atoms with Crippen molar-refractivity contribution in [2.24, 2.45) is 0 Å². The number of cyclic esters (lactones) is 1. The van der Waals surface area contributed by atoms with Crippen molar-refractivity contribution in [2.45, 2.75) is 24.7 Å². The Bertz CT molecular complexity index is 703. The van der Waals surface area contributed by atoms with E-state index in [9.17, 15) is 18.0 Å². The Labute approximate surface area is 147 Å². The molecule has 0 bridgehead atoms. The van der Waals surface area contributed by atoms with Gasteiger partial charge in [0.15, 0.2) is 0 Å². The van der Waals surface area contributed by atoms with Gasteiger partial charge in [-0.15, -0.1) is 0 Å². The van der Waals surface area contributed by atoms with Crippen molar-refractivity contribution in [3.05, 3.63) is 29.8 Å². The number of nitrogens with one attached hydrogen (secondary N) is 2. The number of benzene rings is 1. The number of amides is 2. The van der Waals surface area contributed by atoms with Crippen molar-refractivity contribution < 1.29 is 22.7 Å². The molecule has 2 amide bonds. The van der Waals surface area contributed by atoms with Crippen LogP contribution >= 0.6 is 0 Å². The lowest BCUT2D eigenvalue weighted by Gasteiger charge is -2.26. The summed E-state index contributed by atoms with van der Waals surface area (Å²) in [5, 5.41) is 2.71. The molecule has 1 aliphatic rings. The Hall–Kier alpha value is -2.13. The Kier molecular flexibility index (Phi) is 6.77. The molecule has 1 aliphatic heterocycles. The van der Waals surface area contributed by atoms with Crippen LogP contribution in [0.2, 0.25) is 0 Å². The minimum Gasteiger partial charge on any atom is -0.449 e. The van der Waals surface area contributed by atoms with Crippen molar-refractivity contribution in [3.8, 4) is 0 Å². The zero-order chi connectivity index (χ0) is 18.3. The molecule has 0 spiro atoms. The van der Waals surface area contributed by atoms with Crippen LogP contribution in [-0.4, -0.2) is 58.1 Å². The normalized spacial score (nSPS) is 14.9. The van der Waals surface area contributed by atoms with E-state index in [-0.39, 0.29) is 16.9 Å². The summed E-state index contributed by atoms with van der Waals surface area (Å²) in [6.07, 6.45) is 1.11. The second-order valence-corrected chi connectivity index (χ2v) is 7.40. The Morgan fingerprint density at radius 2 is 1.96 bits per heavy atom. The molecule has 25 heavy (non-hydrogen) atoms. The molecule has 0 atom stereocenters. The van der Waals surface area contributed by atoms with Gasteiger partial charge in [-0.2, -0.15) is 0 Å². The maximum absolute atomic E-state index is 12.1. The molecule has 1 aromatic carbocycles. The van der Waals surface area contributed by atoms with E-state index >= 15 is 0 Å². The van der Waals surface area contributed by atoms with Crippen molar-refractivity contribution in [2.75, 3.05) is 32.8 Å². The van der Waals surface area contributed by atoms with E-state index < -0.39 is 10.0 Å². The number of hydrogen-bond donors (Lipinski definition) is 2. The fourth-order valence-electron chi connectivity index (χ4n) is 2.31. The molecule has 1 aromatic rings. The quantitative estimate of drug-likeness (QED) is 0.710. The predicted molar refractivity (Wildman–Crippen MR) is 91.8 cm³/mol. The second-order valence-electron chi connectivity index (χ2n) is 5.63. The summed E-state index contributed by atoms with van der Waals surface area (Å²) in [5.41, 5.74) is 0.357. The molecule has 0 aliphatic carbocycles. The highest BCUT2D eigenvalue weighted by Gasteiger charge is 2.19. The fraction of sp³-hybridized carbons (Fsp3) is 0.500. The average molecular weight is 369 g/mol. The third kappa shape index (κ3) is 5.43. The average Bonchev–Trinajstić information content (AvgIpc) is 2.61. The molecule has 138 valence electrons. The van der Waals surface area contributed by atoms with Crippen LogP contribution in [0.25, 0.3) is 0 Å². The van der Waals surface area contributed by atoms with Gasteiger partial charge >= 0.3 is 6.09 Å². The van der Waals surface area contributed by atoms with Gasteiger partial charge in [-0.1, -0.05) is 6.92 Å². The van der Waals surface area contributed by atoms with Crippen LogP contribution in [-0.2, 0) is 14.8 Å². The number of nitrogens with zero attached hydrogens (tertiary/aromatic N) is 1. The Balaban J connectivity index is 1.86. The smallest absolute Gasteiger partial charge is 0.409 e. The van der Waals surface area contributed by atoms with Gasteiger partial charge in [-0.25, -0.2) is 17.9 Å². The molecule has 1 fully saturated rings. The van der Waals surface area contributed by atoms with Gasteiger partial charge in [0.2, 0.25) is 10.0 Å². The van der Waals surface area contributed by atoms with Crippen LogP contribution in [0.4, 0.5) is 4.79 Å². The lowest BCUT2D eigenvalue weighted by Crippen LogP contribution is -2.42. The van der Waals surface area contributed by atoms with Gasteiger partial charge in [0.05, 0.1) is 11.5 Å². The van der Waals surface area contributed by atoms with E-state index in [0.717, 1.165) is 6.42 Å². The number of ether oxygens (including phenoxy) is 1. The summed E-state index contributed by atoms with van der Waals surface area (Å²) in [7, 11) is -3.54. The zero-order valence-electron chi connectivity index (χ0n) is 14.2. The van der Waals surface area contributed by atoms with E-state index in [1.165, 1.54) is 24.3 Å². The monoisotopic (exact) mass is 369 g/mol. The summed E-state index contributed by atoms with van der Waals surface area (Å²) in [6.45, 7) is 3.96. The topological polar surface area (TPSA) is 105 Å². The fourth-order valence-corrected chi connectivity index (χ4v) is 3.45. The standard InChI is InChI=1S/C16H23N3O5S/c1-2-8-18-25(22,23)14-6-4-13(5-7-14)15(20)17-9-11-19-10-3-12-24-16(19)21/h4-7,18H,2-3,8-12H2,1H3,(H,17,20). The highest BCUT2D eigenvalue weighted by Crippen LogP contribution is 2.10. The number of sulfonamides is 1. The van der Waals surface area contributed by atoms with Crippen LogP contribution in [0.5, 0.6) is 0 Å². The summed E-state index contributed by atoms with van der Waals surface area (Å²) in [4.78, 5) is 25.2. The van der Waals surface area contributed by atoms with Gasteiger partial charge in [0.1, 0.15) is 0 Å². The first-order chi connectivity index (χ1) is 11.9. The Morgan fingerprint density at radius 3 is 2.60 bits per heavy atom. The third-order valence-electron chi connectivity index (χ3n) is 3.69. The van der Waals surface area contributed by atoms with E-state index in [2.05, 4.69) is 10.0 Å². The minimum absolute atomic E-state index is 0.119. The van der Waals surface area contributed by atoms with E-state index in [1.807, 2.05) is 6.92 Å². The second kappa shape index (κ2) is 8.82. The van der Waals surface area contributed by atoms with Crippen molar-refractivity contribution in [1.29, 1.82) is 0 Å². The van der Waals surface area contributed by atoms with E-state index in [1.54, 1.807) is 4.90 Å². The first kappa shape index (κ1) is 19.2. The van der Waals surface area contributed by atoms with Crippen LogP contribution in [0.1, 0.15) is 30.1 Å². The lowest BCUT2D eigenvalue weighted by molar-refractivity contribution is 0.0719. The van der Waals surface area contributed by atoms with Gasteiger partial charge < -0.3 is 15.0 Å².